The number of likely N-dealkylation sites (N-methyl/N-ethyl adjacent to an activating group) is 1. The van der Waals surface area contributed by atoms with Crippen LogP contribution in [0.25, 0.3) is 0 Å². The smallest absolute Gasteiger partial charge is 0.269 e. The average Bonchev–Trinajstić information content (AvgIpc) is 2.64. The third kappa shape index (κ3) is 8.61. The number of rotatable bonds is 8. The molecule has 2 aromatic rings. The van der Waals surface area contributed by atoms with Crippen LogP contribution in [0.15, 0.2) is 42.5 Å². The number of hydrogen-bond donors (Lipinski definition) is 1. The molecule has 0 fully saturated rings. The van der Waals surface area contributed by atoms with Crippen LogP contribution in [0, 0.1) is 10.1 Å². The molecule has 0 saturated carbocycles. The van der Waals surface area contributed by atoms with E-state index in [-0.39, 0.29) is 35.5 Å². The molecule has 0 radical (unpaired) electrons. The highest BCUT2D eigenvalue weighted by Crippen LogP contribution is 2.35. The van der Waals surface area contributed by atoms with E-state index < -0.39 is 11.0 Å². The standard InChI is InChI=1S/C26H39N2O4.ClH/c1-25(2,3)20-11-14-24(23(15-20)26(4,5)6)32-18-22(29)17-28(7,8)16-19-9-12-21(13-10-19)27(30)31;/h9-15,22,29H,16-18H2,1-8H3;1H/q+1;/p-1. The SMILES string of the molecule is CC(C)(C)c1ccc(OCC(O)C[N+](C)(C)Cc2ccc([N+](=O)[O-])cc2)c(C(C)(C)C)c1.[Cl-]. The fraction of sp³-hybridized carbons (Fsp3) is 0.538. The van der Waals surface area contributed by atoms with E-state index >= 15 is 0 Å². The minimum Gasteiger partial charge on any atom is -1.00 e. The molecule has 6 nitrogen and oxygen atoms in total. The number of benzene rings is 2. The van der Waals surface area contributed by atoms with Crippen molar-refractivity contribution in [3.63, 3.8) is 0 Å². The van der Waals surface area contributed by atoms with E-state index in [1.807, 2.05) is 20.2 Å². The number of quaternary nitrogens is 1. The van der Waals surface area contributed by atoms with Gasteiger partial charge in [0.25, 0.3) is 5.69 Å². The van der Waals surface area contributed by atoms with Crippen molar-refractivity contribution in [1.82, 2.24) is 0 Å². The summed E-state index contributed by atoms with van der Waals surface area (Å²) in [4.78, 5) is 10.4. The Labute approximate surface area is 204 Å². The van der Waals surface area contributed by atoms with Crippen LogP contribution >= 0.6 is 0 Å². The summed E-state index contributed by atoms with van der Waals surface area (Å²) in [6.45, 7) is 14.5. The fourth-order valence-corrected chi connectivity index (χ4v) is 3.80. The highest BCUT2D eigenvalue weighted by molar-refractivity contribution is 5.43. The second-order valence-corrected chi connectivity index (χ2v) is 11.4. The first-order chi connectivity index (χ1) is 14.6. The predicted octanol–water partition coefficient (Wildman–Crippen LogP) is 2.21. The molecule has 0 bridgehead atoms. The van der Waals surface area contributed by atoms with Gasteiger partial charge in [0.1, 0.15) is 31.5 Å². The molecule has 0 heterocycles. The Hall–Kier alpha value is -2.15. The normalized spacial score (nSPS) is 13.2. The molecule has 0 aliphatic rings. The highest BCUT2D eigenvalue weighted by atomic mass is 35.5. The third-order valence-corrected chi connectivity index (χ3v) is 5.55. The van der Waals surface area contributed by atoms with Crippen LogP contribution in [-0.4, -0.2) is 47.9 Å². The van der Waals surface area contributed by atoms with Gasteiger partial charge < -0.3 is 26.7 Å². The van der Waals surface area contributed by atoms with Gasteiger partial charge in [0.05, 0.1) is 19.0 Å². The van der Waals surface area contributed by atoms with Crippen molar-refractivity contribution in [2.75, 3.05) is 27.2 Å². The molecule has 33 heavy (non-hydrogen) atoms. The van der Waals surface area contributed by atoms with Crippen LogP contribution in [-0.2, 0) is 17.4 Å². The van der Waals surface area contributed by atoms with Crippen molar-refractivity contribution in [1.29, 1.82) is 0 Å². The molecule has 0 aliphatic carbocycles. The van der Waals surface area contributed by atoms with Gasteiger partial charge in [0.15, 0.2) is 0 Å². The molecule has 1 atom stereocenters. The van der Waals surface area contributed by atoms with E-state index in [0.29, 0.717) is 17.6 Å². The molecule has 7 heteroatoms. The summed E-state index contributed by atoms with van der Waals surface area (Å²) in [6, 6.07) is 12.9. The highest BCUT2D eigenvalue weighted by Gasteiger charge is 2.25. The Morgan fingerprint density at radius 2 is 1.58 bits per heavy atom. The van der Waals surface area contributed by atoms with Crippen LogP contribution in [0.2, 0.25) is 0 Å². The molecule has 2 aromatic carbocycles. The lowest BCUT2D eigenvalue weighted by Gasteiger charge is -2.32. The van der Waals surface area contributed by atoms with Gasteiger partial charge in [0.2, 0.25) is 0 Å². The average molecular weight is 479 g/mol. The van der Waals surface area contributed by atoms with E-state index in [0.717, 1.165) is 16.9 Å². The maximum absolute atomic E-state index is 10.8. The molecule has 0 spiro atoms. The lowest BCUT2D eigenvalue weighted by Crippen LogP contribution is -3.00. The molecule has 0 aromatic heterocycles. The lowest BCUT2D eigenvalue weighted by atomic mass is 9.80. The van der Waals surface area contributed by atoms with Crippen LogP contribution in [0.1, 0.15) is 58.2 Å². The van der Waals surface area contributed by atoms with Crippen molar-refractivity contribution >= 4 is 5.69 Å². The predicted molar refractivity (Wildman–Crippen MR) is 129 cm³/mol. The molecule has 0 saturated heterocycles. The van der Waals surface area contributed by atoms with Gasteiger partial charge in [-0.1, -0.05) is 53.7 Å². The zero-order valence-corrected chi connectivity index (χ0v) is 21.9. The third-order valence-electron chi connectivity index (χ3n) is 5.55. The first kappa shape index (κ1) is 28.9. The van der Waals surface area contributed by atoms with Gasteiger partial charge in [-0.3, -0.25) is 10.1 Å². The monoisotopic (exact) mass is 478 g/mol. The second-order valence-electron chi connectivity index (χ2n) is 11.4. The van der Waals surface area contributed by atoms with Gasteiger partial charge in [-0.15, -0.1) is 0 Å². The number of non-ortho nitro benzene ring substituents is 1. The summed E-state index contributed by atoms with van der Waals surface area (Å²) in [7, 11) is 4.06. The minimum absolute atomic E-state index is 0. The summed E-state index contributed by atoms with van der Waals surface area (Å²) in [5.41, 5.74) is 3.44. The lowest BCUT2D eigenvalue weighted by molar-refractivity contribution is -0.906. The van der Waals surface area contributed by atoms with Crippen LogP contribution in [0.4, 0.5) is 5.69 Å². The number of halogens is 1. The van der Waals surface area contributed by atoms with E-state index in [4.69, 9.17) is 4.74 Å². The Morgan fingerprint density at radius 1 is 1.00 bits per heavy atom. The van der Waals surface area contributed by atoms with Crippen molar-refractivity contribution in [3.8, 4) is 5.75 Å². The van der Waals surface area contributed by atoms with Gasteiger partial charge in [-0.05, 0) is 40.2 Å². The van der Waals surface area contributed by atoms with Gasteiger partial charge >= 0.3 is 0 Å². The maximum Gasteiger partial charge on any atom is 0.269 e. The summed E-state index contributed by atoms with van der Waals surface area (Å²) >= 11 is 0. The topological polar surface area (TPSA) is 72.6 Å². The van der Waals surface area contributed by atoms with Gasteiger partial charge in [-0.2, -0.15) is 0 Å². The summed E-state index contributed by atoms with van der Waals surface area (Å²) in [5, 5.41) is 21.5. The molecule has 0 aliphatic heterocycles. The maximum atomic E-state index is 10.8. The fourth-order valence-electron chi connectivity index (χ4n) is 3.80. The zero-order valence-electron chi connectivity index (χ0n) is 21.2. The molecule has 0 amide bonds. The Bertz CT molecular complexity index is 929. The van der Waals surface area contributed by atoms with Gasteiger partial charge in [0, 0.05) is 17.7 Å². The first-order valence-corrected chi connectivity index (χ1v) is 11.1. The molecule has 1 unspecified atom stereocenters. The van der Waals surface area contributed by atoms with E-state index in [2.05, 4.69) is 53.7 Å². The Morgan fingerprint density at radius 3 is 2.06 bits per heavy atom. The van der Waals surface area contributed by atoms with E-state index in [9.17, 15) is 15.2 Å². The largest absolute Gasteiger partial charge is 1.00 e. The van der Waals surface area contributed by atoms with Crippen LogP contribution in [0.3, 0.4) is 0 Å². The molecule has 2 rings (SSSR count). The van der Waals surface area contributed by atoms with Crippen LogP contribution < -0.4 is 17.1 Å². The van der Waals surface area contributed by atoms with Crippen molar-refractivity contribution in [2.24, 2.45) is 0 Å². The Kier molecular flexibility index (Phi) is 9.50. The van der Waals surface area contributed by atoms with Crippen molar-refractivity contribution in [3.05, 3.63) is 69.3 Å². The number of ether oxygens (including phenoxy) is 1. The number of hydrogen-bond acceptors (Lipinski definition) is 4. The van der Waals surface area contributed by atoms with E-state index in [1.54, 1.807) is 12.1 Å². The number of aliphatic hydroxyl groups excluding tert-OH is 1. The zero-order chi connectivity index (χ0) is 24.3. The van der Waals surface area contributed by atoms with Gasteiger partial charge in [-0.25, -0.2) is 0 Å². The molecular formula is C26H39ClN2O4. The van der Waals surface area contributed by atoms with Crippen LogP contribution in [0.5, 0.6) is 5.75 Å². The van der Waals surface area contributed by atoms with E-state index in [1.165, 1.54) is 17.7 Å². The summed E-state index contributed by atoms with van der Waals surface area (Å²) < 4.78 is 6.64. The summed E-state index contributed by atoms with van der Waals surface area (Å²) in [5.74, 6) is 0.810. The minimum atomic E-state index is -0.641. The number of aliphatic hydroxyl groups is 1. The molecular weight excluding hydrogens is 440 g/mol. The molecule has 184 valence electrons. The number of nitro groups is 1. The Balaban J connectivity index is 0.00000544. The van der Waals surface area contributed by atoms with Crippen molar-refractivity contribution in [2.45, 2.75) is 65.0 Å². The second kappa shape index (κ2) is 10.9. The molecule has 1 N–H and O–H groups in total. The first-order valence-electron chi connectivity index (χ1n) is 11.1. The number of nitro benzene ring substituents is 1. The quantitative estimate of drug-likeness (QED) is 0.358. The number of nitrogens with zero attached hydrogens (tertiary/aromatic N) is 2. The van der Waals surface area contributed by atoms with Crippen molar-refractivity contribution < 1.29 is 31.7 Å². The summed E-state index contributed by atoms with van der Waals surface area (Å²) in [6.07, 6.45) is -0.641.